The molecule has 1 aliphatic rings. The fourth-order valence-electron chi connectivity index (χ4n) is 2.93. The Morgan fingerprint density at radius 1 is 1.32 bits per heavy atom. The zero-order valence-corrected chi connectivity index (χ0v) is 14.9. The van der Waals surface area contributed by atoms with Gasteiger partial charge in [0.2, 0.25) is 5.91 Å². The van der Waals surface area contributed by atoms with Crippen molar-refractivity contribution in [2.75, 3.05) is 32.5 Å². The Morgan fingerprint density at radius 2 is 2.16 bits per heavy atom. The maximum absolute atomic E-state index is 13.6. The molecule has 132 valence electrons. The molecule has 0 saturated carbocycles. The Balaban J connectivity index is 1.68. The van der Waals surface area contributed by atoms with Crippen LogP contribution in [0.15, 0.2) is 53.4 Å². The minimum Gasteiger partial charge on any atom is -0.497 e. The Morgan fingerprint density at radius 3 is 2.96 bits per heavy atom. The van der Waals surface area contributed by atoms with Crippen molar-refractivity contribution in [3.05, 3.63) is 59.9 Å². The quantitative estimate of drug-likeness (QED) is 0.832. The van der Waals surface area contributed by atoms with Gasteiger partial charge in [0.1, 0.15) is 11.6 Å². The van der Waals surface area contributed by atoms with Crippen LogP contribution in [0.5, 0.6) is 5.75 Å². The average molecular weight is 360 g/mol. The molecule has 1 amide bonds. The van der Waals surface area contributed by atoms with Gasteiger partial charge in [-0.3, -0.25) is 4.79 Å². The van der Waals surface area contributed by atoms with Crippen LogP contribution >= 0.6 is 11.8 Å². The summed E-state index contributed by atoms with van der Waals surface area (Å²) in [5.41, 5.74) is 0.826. The largest absolute Gasteiger partial charge is 0.497 e. The first-order chi connectivity index (χ1) is 12.2. The first-order valence-electron chi connectivity index (χ1n) is 8.20. The van der Waals surface area contributed by atoms with E-state index in [1.165, 1.54) is 23.9 Å². The summed E-state index contributed by atoms with van der Waals surface area (Å²) in [5, 5.41) is 3.29. The van der Waals surface area contributed by atoms with Gasteiger partial charge >= 0.3 is 0 Å². The van der Waals surface area contributed by atoms with Crippen LogP contribution in [0, 0.1) is 5.82 Å². The summed E-state index contributed by atoms with van der Waals surface area (Å²) in [6.07, 6.45) is 0. The molecule has 1 saturated heterocycles. The molecule has 0 spiro atoms. The van der Waals surface area contributed by atoms with Crippen molar-refractivity contribution < 1.29 is 13.9 Å². The molecule has 1 heterocycles. The maximum atomic E-state index is 13.6. The molecule has 1 unspecified atom stereocenters. The molecular formula is C19H21FN2O2S. The highest BCUT2D eigenvalue weighted by Gasteiger charge is 2.27. The number of ether oxygens (including phenoxy) is 1. The van der Waals surface area contributed by atoms with Gasteiger partial charge in [0.15, 0.2) is 0 Å². The third kappa shape index (κ3) is 4.52. The molecule has 1 aliphatic heterocycles. The third-order valence-corrected chi connectivity index (χ3v) is 5.18. The molecule has 1 N–H and O–H groups in total. The third-order valence-electron chi connectivity index (χ3n) is 4.20. The number of hydrogen-bond donors (Lipinski definition) is 1. The molecule has 0 bridgehead atoms. The average Bonchev–Trinajstić information content (AvgIpc) is 2.66. The molecular weight excluding hydrogens is 339 g/mol. The van der Waals surface area contributed by atoms with E-state index >= 15 is 0 Å². The maximum Gasteiger partial charge on any atom is 0.233 e. The highest BCUT2D eigenvalue weighted by molar-refractivity contribution is 8.00. The second-order valence-electron chi connectivity index (χ2n) is 5.83. The van der Waals surface area contributed by atoms with Gasteiger partial charge in [-0.15, -0.1) is 11.8 Å². The molecule has 4 nitrogen and oxygen atoms in total. The fourth-order valence-corrected chi connectivity index (χ4v) is 3.76. The van der Waals surface area contributed by atoms with Crippen LogP contribution in [0.4, 0.5) is 4.39 Å². The van der Waals surface area contributed by atoms with Gasteiger partial charge in [-0.25, -0.2) is 4.39 Å². The second kappa shape index (κ2) is 8.36. The number of rotatable bonds is 5. The predicted molar refractivity (Wildman–Crippen MR) is 97.4 cm³/mol. The summed E-state index contributed by atoms with van der Waals surface area (Å²) in [7, 11) is 1.62. The molecule has 0 aromatic heterocycles. The number of methoxy groups -OCH3 is 1. The van der Waals surface area contributed by atoms with E-state index in [9.17, 15) is 9.18 Å². The van der Waals surface area contributed by atoms with Crippen molar-refractivity contribution in [3.8, 4) is 5.75 Å². The summed E-state index contributed by atoms with van der Waals surface area (Å²) in [5.74, 6) is 0.904. The van der Waals surface area contributed by atoms with E-state index in [-0.39, 0.29) is 17.8 Å². The van der Waals surface area contributed by atoms with E-state index in [2.05, 4.69) is 5.32 Å². The normalized spacial score (nSPS) is 17.4. The van der Waals surface area contributed by atoms with E-state index in [0.29, 0.717) is 18.8 Å². The lowest BCUT2D eigenvalue weighted by molar-refractivity contribution is -0.131. The number of carbonyl (C=O) groups is 1. The van der Waals surface area contributed by atoms with Gasteiger partial charge in [0.05, 0.1) is 18.9 Å². The summed E-state index contributed by atoms with van der Waals surface area (Å²) in [4.78, 5) is 15.6. The minimum absolute atomic E-state index is 0.0589. The monoisotopic (exact) mass is 360 g/mol. The Kier molecular flexibility index (Phi) is 5.94. The van der Waals surface area contributed by atoms with Gasteiger partial charge in [0, 0.05) is 24.5 Å². The first-order valence-corrected chi connectivity index (χ1v) is 9.18. The van der Waals surface area contributed by atoms with Crippen molar-refractivity contribution in [3.63, 3.8) is 0 Å². The highest BCUT2D eigenvalue weighted by Crippen LogP contribution is 2.27. The molecule has 0 radical (unpaired) electrons. The van der Waals surface area contributed by atoms with E-state index in [0.717, 1.165) is 22.8 Å². The number of thioether (sulfide) groups is 1. The van der Waals surface area contributed by atoms with Crippen molar-refractivity contribution in [1.82, 2.24) is 10.2 Å². The van der Waals surface area contributed by atoms with Gasteiger partial charge in [-0.05, 0) is 35.9 Å². The molecule has 3 rings (SSSR count). The first kappa shape index (κ1) is 17.8. The van der Waals surface area contributed by atoms with Gasteiger partial charge in [-0.2, -0.15) is 0 Å². The molecule has 2 aromatic carbocycles. The second-order valence-corrected chi connectivity index (χ2v) is 6.88. The molecule has 6 heteroatoms. The number of benzene rings is 2. The SMILES string of the molecule is COc1cccc(SCC(=O)N2CCNCC2c2cccc(F)c2)c1. The lowest BCUT2D eigenvalue weighted by Crippen LogP contribution is -2.49. The number of halogens is 1. The number of amides is 1. The fraction of sp³-hybridized carbons (Fsp3) is 0.316. The van der Waals surface area contributed by atoms with E-state index in [1.807, 2.05) is 35.2 Å². The topological polar surface area (TPSA) is 41.6 Å². The Hall–Kier alpha value is -2.05. The molecule has 25 heavy (non-hydrogen) atoms. The zero-order valence-electron chi connectivity index (χ0n) is 14.1. The van der Waals surface area contributed by atoms with Crippen molar-refractivity contribution >= 4 is 17.7 Å². The van der Waals surface area contributed by atoms with Crippen LogP contribution in [0.25, 0.3) is 0 Å². The summed E-state index contributed by atoms with van der Waals surface area (Å²) in [6, 6.07) is 14.0. The zero-order chi connectivity index (χ0) is 17.6. The van der Waals surface area contributed by atoms with Crippen LogP contribution in [0.1, 0.15) is 11.6 Å². The van der Waals surface area contributed by atoms with Crippen LogP contribution in [0.2, 0.25) is 0 Å². The van der Waals surface area contributed by atoms with Crippen LogP contribution in [0.3, 0.4) is 0 Å². The molecule has 2 aromatic rings. The Labute approximate surface area is 151 Å². The standard InChI is InChI=1S/C19H21FN2O2S/c1-24-16-6-3-7-17(11-16)25-13-19(23)22-9-8-21-12-18(22)14-4-2-5-15(20)10-14/h2-7,10-11,18,21H,8-9,12-13H2,1H3. The highest BCUT2D eigenvalue weighted by atomic mass is 32.2. The van der Waals surface area contributed by atoms with E-state index in [1.54, 1.807) is 13.2 Å². The number of carbonyl (C=O) groups excluding carboxylic acids is 1. The van der Waals surface area contributed by atoms with Crippen LogP contribution in [-0.2, 0) is 4.79 Å². The summed E-state index contributed by atoms with van der Waals surface area (Å²) < 4.78 is 18.8. The number of piperazine rings is 1. The van der Waals surface area contributed by atoms with E-state index < -0.39 is 0 Å². The lowest BCUT2D eigenvalue weighted by atomic mass is 10.0. The number of hydrogen-bond acceptors (Lipinski definition) is 4. The summed E-state index contributed by atoms with van der Waals surface area (Å²) >= 11 is 1.49. The lowest BCUT2D eigenvalue weighted by Gasteiger charge is -2.36. The van der Waals surface area contributed by atoms with Crippen molar-refractivity contribution in [2.45, 2.75) is 10.9 Å². The van der Waals surface area contributed by atoms with Gasteiger partial charge in [-0.1, -0.05) is 18.2 Å². The number of nitrogens with zero attached hydrogens (tertiary/aromatic N) is 1. The van der Waals surface area contributed by atoms with Crippen molar-refractivity contribution in [1.29, 1.82) is 0 Å². The van der Waals surface area contributed by atoms with Gasteiger partial charge in [0.25, 0.3) is 0 Å². The molecule has 0 aliphatic carbocycles. The molecule has 1 fully saturated rings. The van der Waals surface area contributed by atoms with Crippen LogP contribution < -0.4 is 10.1 Å². The minimum atomic E-state index is -0.277. The van der Waals surface area contributed by atoms with Crippen molar-refractivity contribution in [2.24, 2.45) is 0 Å². The van der Waals surface area contributed by atoms with Gasteiger partial charge < -0.3 is 15.0 Å². The smallest absolute Gasteiger partial charge is 0.233 e. The van der Waals surface area contributed by atoms with Crippen LogP contribution in [-0.4, -0.2) is 43.3 Å². The number of nitrogens with one attached hydrogen (secondary N) is 1. The predicted octanol–water partition coefficient (Wildman–Crippen LogP) is 3.10. The summed E-state index contributed by atoms with van der Waals surface area (Å²) in [6.45, 7) is 2.01. The molecule has 1 atom stereocenters. The Bertz CT molecular complexity index is 741. The van der Waals surface area contributed by atoms with E-state index in [4.69, 9.17) is 4.74 Å².